The van der Waals surface area contributed by atoms with Crippen LogP contribution >= 0.6 is 27.7 Å². The third-order valence-electron chi connectivity index (χ3n) is 1.65. The lowest BCUT2D eigenvalue weighted by Crippen LogP contribution is -2.26. The fraction of sp³-hybridized carbons (Fsp3) is 0.375. The summed E-state index contributed by atoms with van der Waals surface area (Å²) in [7, 11) is -3.82. The normalized spacial score (nSPS) is 12.7. The molecule has 1 heterocycles. The van der Waals surface area contributed by atoms with Crippen molar-refractivity contribution in [2.75, 3.05) is 12.3 Å². The fourth-order valence-electron chi connectivity index (χ4n) is 0.965. The van der Waals surface area contributed by atoms with Gasteiger partial charge in [0.2, 0.25) is 10.0 Å². The predicted octanol–water partition coefficient (Wildman–Crippen LogP) is 2.38. The van der Waals surface area contributed by atoms with Crippen molar-refractivity contribution in [1.29, 1.82) is 0 Å². The van der Waals surface area contributed by atoms with Gasteiger partial charge in [0.1, 0.15) is 4.90 Å². The number of thioether (sulfide) groups is 1. The number of halogens is 4. The van der Waals surface area contributed by atoms with E-state index in [1.54, 1.807) is 0 Å². The van der Waals surface area contributed by atoms with Crippen LogP contribution in [0.3, 0.4) is 0 Å². The van der Waals surface area contributed by atoms with Crippen molar-refractivity contribution in [2.45, 2.75) is 10.4 Å². The van der Waals surface area contributed by atoms with Gasteiger partial charge in [0.15, 0.2) is 0 Å². The van der Waals surface area contributed by atoms with Crippen molar-refractivity contribution in [3.05, 3.63) is 22.9 Å². The number of rotatable bonds is 5. The second-order valence-electron chi connectivity index (χ2n) is 3.03. The number of nitrogens with zero attached hydrogens (tertiary/aromatic N) is 1. The van der Waals surface area contributed by atoms with Gasteiger partial charge >= 0.3 is 5.51 Å². The van der Waals surface area contributed by atoms with Crippen molar-refractivity contribution in [3.8, 4) is 0 Å². The summed E-state index contributed by atoms with van der Waals surface area (Å²) in [4.78, 5) is 3.56. The molecular formula is C8H8BrF3N2O2S2. The third kappa shape index (κ3) is 5.55. The van der Waals surface area contributed by atoms with Crippen LogP contribution in [0.4, 0.5) is 13.2 Å². The average Bonchev–Trinajstić information content (AvgIpc) is 2.23. The molecule has 0 radical (unpaired) electrons. The lowest BCUT2D eigenvalue weighted by molar-refractivity contribution is -0.0327. The van der Waals surface area contributed by atoms with Gasteiger partial charge in [-0.2, -0.15) is 13.2 Å². The highest BCUT2D eigenvalue weighted by molar-refractivity contribution is 9.10. The van der Waals surface area contributed by atoms with Gasteiger partial charge < -0.3 is 0 Å². The maximum atomic E-state index is 11.8. The van der Waals surface area contributed by atoms with Crippen molar-refractivity contribution in [1.82, 2.24) is 9.71 Å². The Bertz CT molecular complexity index is 507. The number of nitrogens with one attached hydrogen (secondary N) is 1. The van der Waals surface area contributed by atoms with Gasteiger partial charge in [-0.25, -0.2) is 13.1 Å². The van der Waals surface area contributed by atoms with Crippen LogP contribution in [0.2, 0.25) is 0 Å². The molecule has 1 rings (SSSR count). The highest BCUT2D eigenvalue weighted by Crippen LogP contribution is 2.29. The van der Waals surface area contributed by atoms with Crippen LogP contribution in [0, 0.1) is 0 Å². The second-order valence-corrected chi connectivity index (χ2v) is 6.87. The molecule has 10 heteroatoms. The molecule has 4 nitrogen and oxygen atoms in total. The van der Waals surface area contributed by atoms with Crippen LogP contribution in [0.15, 0.2) is 27.8 Å². The van der Waals surface area contributed by atoms with E-state index in [2.05, 4.69) is 25.6 Å². The lowest BCUT2D eigenvalue weighted by atomic mass is 10.5. The van der Waals surface area contributed by atoms with Gasteiger partial charge in [0.25, 0.3) is 0 Å². The summed E-state index contributed by atoms with van der Waals surface area (Å²) in [5.41, 5.74) is -4.36. The van der Waals surface area contributed by atoms with E-state index < -0.39 is 15.5 Å². The number of alkyl halides is 3. The zero-order chi connectivity index (χ0) is 13.8. The van der Waals surface area contributed by atoms with Gasteiger partial charge in [0, 0.05) is 29.2 Å². The average molecular weight is 365 g/mol. The van der Waals surface area contributed by atoms with E-state index in [1.165, 1.54) is 12.3 Å². The maximum Gasteiger partial charge on any atom is 0.441 e. The van der Waals surface area contributed by atoms with E-state index in [0.29, 0.717) is 4.47 Å². The van der Waals surface area contributed by atoms with E-state index in [1.807, 2.05) is 0 Å². The molecule has 1 aromatic heterocycles. The summed E-state index contributed by atoms with van der Waals surface area (Å²) in [6, 6.07) is 1.31. The summed E-state index contributed by atoms with van der Waals surface area (Å²) in [5, 5.41) is 0. The van der Waals surface area contributed by atoms with Gasteiger partial charge in [-0.05, 0) is 33.8 Å². The first kappa shape index (κ1) is 15.7. The highest BCUT2D eigenvalue weighted by atomic mass is 79.9. The molecule has 0 amide bonds. The van der Waals surface area contributed by atoms with Crippen molar-refractivity contribution < 1.29 is 21.6 Å². The molecule has 18 heavy (non-hydrogen) atoms. The Morgan fingerprint density at radius 3 is 2.61 bits per heavy atom. The SMILES string of the molecule is O=S(=O)(NCCSC(F)(F)F)c1cncc(Br)c1. The van der Waals surface area contributed by atoms with Crippen LogP contribution in [-0.4, -0.2) is 31.2 Å². The first-order valence-corrected chi connectivity index (χ1v) is 7.78. The molecule has 0 aliphatic rings. The number of hydrogen-bond acceptors (Lipinski definition) is 4. The predicted molar refractivity (Wildman–Crippen MR) is 65.6 cm³/mol. The van der Waals surface area contributed by atoms with Gasteiger partial charge in [-0.15, -0.1) is 0 Å². The standard InChI is InChI=1S/C8H8BrF3N2O2S2/c9-6-3-7(5-13-4-6)18(15,16)14-1-2-17-8(10,11)12/h3-5,14H,1-2H2. The molecule has 0 aliphatic heterocycles. The molecule has 0 fully saturated rings. The Hall–Kier alpha value is -0.320. The zero-order valence-corrected chi connectivity index (χ0v) is 12.0. The Balaban J connectivity index is 2.56. The maximum absolute atomic E-state index is 11.8. The Morgan fingerprint density at radius 2 is 2.06 bits per heavy atom. The molecule has 0 spiro atoms. The van der Waals surface area contributed by atoms with E-state index >= 15 is 0 Å². The highest BCUT2D eigenvalue weighted by Gasteiger charge is 2.27. The molecule has 0 aliphatic carbocycles. The number of pyridine rings is 1. The van der Waals surface area contributed by atoms with Gasteiger partial charge in [-0.1, -0.05) is 0 Å². The molecule has 1 aromatic rings. The third-order valence-corrected chi connectivity index (χ3v) is 4.25. The minimum Gasteiger partial charge on any atom is -0.262 e. The van der Waals surface area contributed by atoms with E-state index in [9.17, 15) is 21.6 Å². The van der Waals surface area contributed by atoms with E-state index in [0.717, 1.165) is 6.20 Å². The largest absolute Gasteiger partial charge is 0.441 e. The Morgan fingerprint density at radius 1 is 1.39 bits per heavy atom. The first-order chi connectivity index (χ1) is 8.21. The van der Waals surface area contributed by atoms with Crippen molar-refractivity contribution >= 4 is 37.7 Å². The number of hydrogen-bond donors (Lipinski definition) is 1. The van der Waals surface area contributed by atoms with Gasteiger partial charge in [0.05, 0.1) is 0 Å². The molecule has 0 saturated carbocycles. The summed E-state index contributed by atoms with van der Waals surface area (Å²) < 4.78 is 61.3. The van der Waals surface area contributed by atoms with Crippen LogP contribution in [0.5, 0.6) is 0 Å². The quantitative estimate of drug-likeness (QED) is 0.814. The van der Waals surface area contributed by atoms with Crippen LogP contribution in [-0.2, 0) is 10.0 Å². The topological polar surface area (TPSA) is 59.1 Å². The Kier molecular flexibility index (Phi) is 5.44. The molecule has 0 unspecified atom stereocenters. The monoisotopic (exact) mass is 364 g/mol. The molecule has 102 valence electrons. The van der Waals surface area contributed by atoms with Gasteiger partial charge in [-0.3, -0.25) is 4.98 Å². The van der Waals surface area contributed by atoms with Crippen LogP contribution in [0.25, 0.3) is 0 Å². The first-order valence-electron chi connectivity index (χ1n) is 4.51. The van der Waals surface area contributed by atoms with Crippen LogP contribution in [0.1, 0.15) is 0 Å². The Labute approximate surface area is 115 Å². The summed E-state index contributed by atoms with van der Waals surface area (Å²) >= 11 is 2.78. The number of aromatic nitrogens is 1. The minimum absolute atomic E-state index is 0.103. The summed E-state index contributed by atoms with van der Waals surface area (Å²) in [6.45, 7) is -0.307. The molecule has 0 aromatic carbocycles. The number of sulfonamides is 1. The molecule has 0 bridgehead atoms. The second kappa shape index (κ2) is 6.22. The van der Waals surface area contributed by atoms with E-state index in [4.69, 9.17) is 0 Å². The fourth-order valence-corrected chi connectivity index (χ4v) is 3.07. The van der Waals surface area contributed by atoms with Crippen LogP contribution < -0.4 is 4.72 Å². The van der Waals surface area contributed by atoms with Crippen molar-refractivity contribution in [2.24, 2.45) is 0 Å². The minimum atomic E-state index is -4.36. The molecule has 0 saturated heterocycles. The summed E-state index contributed by atoms with van der Waals surface area (Å²) in [5.74, 6) is -0.385. The van der Waals surface area contributed by atoms with Crippen molar-refractivity contribution in [3.63, 3.8) is 0 Å². The molecule has 1 N–H and O–H groups in total. The molecule has 0 atom stereocenters. The lowest BCUT2D eigenvalue weighted by Gasteiger charge is -2.08. The smallest absolute Gasteiger partial charge is 0.262 e. The van der Waals surface area contributed by atoms with E-state index in [-0.39, 0.29) is 29.0 Å². The molecular weight excluding hydrogens is 357 g/mol. The summed E-state index contributed by atoms with van der Waals surface area (Å²) in [6.07, 6.45) is 2.52. The zero-order valence-electron chi connectivity index (χ0n) is 8.74.